The average molecular weight is 314 g/mol. The number of carbonyl (C=O) groups is 2. The minimum atomic E-state index is -0.877. The highest BCUT2D eigenvalue weighted by Crippen LogP contribution is 2.27. The minimum absolute atomic E-state index is 0.000419. The molecule has 0 spiro atoms. The predicted octanol–water partition coefficient (Wildman–Crippen LogP) is 2.67. The Morgan fingerprint density at radius 1 is 1.17 bits per heavy atom. The zero-order chi connectivity index (χ0) is 16.4. The van der Waals surface area contributed by atoms with E-state index >= 15 is 0 Å². The van der Waals surface area contributed by atoms with Crippen molar-refractivity contribution in [2.75, 3.05) is 13.2 Å². The van der Waals surface area contributed by atoms with Crippen LogP contribution in [-0.4, -0.2) is 36.9 Å². The van der Waals surface area contributed by atoms with E-state index < -0.39 is 17.5 Å². The summed E-state index contributed by atoms with van der Waals surface area (Å²) >= 11 is 0. The van der Waals surface area contributed by atoms with Crippen molar-refractivity contribution in [3.8, 4) is 11.1 Å². The highest BCUT2D eigenvalue weighted by Gasteiger charge is 2.34. The van der Waals surface area contributed by atoms with Crippen LogP contribution in [-0.2, 0) is 19.0 Å². The maximum atomic E-state index is 12.3. The van der Waals surface area contributed by atoms with Gasteiger partial charge in [0.15, 0.2) is 5.79 Å². The molecule has 1 atom stereocenters. The van der Waals surface area contributed by atoms with Crippen molar-refractivity contribution >= 4 is 11.8 Å². The van der Waals surface area contributed by atoms with Crippen molar-refractivity contribution in [1.29, 1.82) is 0 Å². The summed E-state index contributed by atoms with van der Waals surface area (Å²) in [5, 5.41) is 0. The Kier molecular flexibility index (Phi) is 4.15. The molecule has 1 heterocycles. The van der Waals surface area contributed by atoms with Crippen molar-refractivity contribution in [2.24, 2.45) is 0 Å². The monoisotopic (exact) mass is 314 g/mol. The second-order valence-electron chi connectivity index (χ2n) is 5.90. The SMILES string of the molecule is CC1(C)OC[C@H](COC(=O)C(=O)c2ccc3cccccc2-3)O1. The third-order valence-corrected chi connectivity index (χ3v) is 3.69. The number of rotatable bonds is 4. The first-order valence-electron chi connectivity index (χ1n) is 7.47. The highest BCUT2D eigenvalue weighted by atomic mass is 16.7. The molecule has 0 N–H and O–H groups in total. The van der Waals surface area contributed by atoms with Gasteiger partial charge in [-0.1, -0.05) is 36.4 Å². The fraction of sp³-hybridized carbons (Fsp3) is 0.333. The molecule has 0 radical (unpaired) electrons. The van der Waals surface area contributed by atoms with Crippen molar-refractivity contribution in [1.82, 2.24) is 0 Å². The molecule has 2 aliphatic carbocycles. The van der Waals surface area contributed by atoms with Crippen LogP contribution < -0.4 is 0 Å². The molecule has 0 amide bonds. The lowest BCUT2D eigenvalue weighted by Gasteiger charge is -2.16. The number of fused-ring (bicyclic) bond motifs is 1. The molecule has 0 bridgehead atoms. The van der Waals surface area contributed by atoms with Crippen molar-refractivity contribution in [3.63, 3.8) is 0 Å². The number of esters is 1. The molecule has 3 aliphatic rings. The Balaban J connectivity index is 1.65. The zero-order valence-corrected chi connectivity index (χ0v) is 13.1. The third kappa shape index (κ3) is 3.41. The molecule has 0 aromatic rings. The van der Waals surface area contributed by atoms with Gasteiger partial charge in [0.1, 0.15) is 12.7 Å². The normalized spacial score (nSPS) is 19.7. The van der Waals surface area contributed by atoms with Gasteiger partial charge in [-0.2, -0.15) is 0 Å². The van der Waals surface area contributed by atoms with Crippen LogP contribution in [0.5, 0.6) is 0 Å². The maximum Gasteiger partial charge on any atom is 0.379 e. The van der Waals surface area contributed by atoms with Gasteiger partial charge in [-0.15, -0.1) is 0 Å². The van der Waals surface area contributed by atoms with Gasteiger partial charge in [-0.3, -0.25) is 4.79 Å². The van der Waals surface area contributed by atoms with Crippen LogP contribution in [0.3, 0.4) is 0 Å². The van der Waals surface area contributed by atoms with Gasteiger partial charge in [0.2, 0.25) is 0 Å². The molecular weight excluding hydrogens is 296 g/mol. The molecule has 0 unspecified atom stereocenters. The van der Waals surface area contributed by atoms with Crippen molar-refractivity contribution in [2.45, 2.75) is 25.7 Å². The van der Waals surface area contributed by atoms with Gasteiger partial charge in [0.05, 0.1) is 6.61 Å². The molecule has 0 aromatic carbocycles. The summed E-state index contributed by atoms with van der Waals surface area (Å²) in [7, 11) is 0. The number of hydrogen-bond acceptors (Lipinski definition) is 5. The van der Waals surface area contributed by atoms with E-state index in [2.05, 4.69) is 0 Å². The van der Waals surface area contributed by atoms with E-state index in [0.717, 1.165) is 11.1 Å². The first-order valence-corrected chi connectivity index (χ1v) is 7.47. The lowest BCUT2D eigenvalue weighted by molar-refractivity contribution is -0.154. The van der Waals surface area contributed by atoms with Gasteiger partial charge in [0, 0.05) is 5.56 Å². The second-order valence-corrected chi connectivity index (χ2v) is 5.90. The summed E-state index contributed by atoms with van der Waals surface area (Å²) in [6, 6.07) is 12.7. The van der Waals surface area contributed by atoms with Gasteiger partial charge >= 0.3 is 5.97 Å². The topological polar surface area (TPSA) is 61.8 Å². The van der Waals surface area contributed by atoms with E-state index in [4.69, 9.17) is 14.2 Å². The Labute approximate surface area is 134 Å². The smallest absolute Gasteiger partial charge is 0.379 e. The number of hydrogen-bond donors (Lipinski definition) is 0. The molecule has 0 saturated carbocycles. The highest BCUT2D eigenvalue weighted by molar-refractivity contribution is 6.42. The molecule has 1 saturated heterocycles. The largest absolute Gasteiger partial charge is 0.457 e. The Morgan fingerprint density at radius 2 is 1.96 bits per heavy atom. The van der Waals surface area contributed by atoms with E-state index in [1.807, 2.05) is 36.4 Å². The number of Topliss-reactive ketones (excluding diaryl/α,β-unsaturated/α-hetero) is 1. The van der Waals surface area contributed by atoms with Gasteiger partial charge in [-0.05, 0) is 31.0 Å². The summed E-state index contributed by atoms with van der Waals surface area (Å²) < 4.78 is 16.0. The molecule has 1 fully saturated rings. The molecular formula is C18H18O5. The standard InChI is InChI=1S/C18H18O5/c1-18(2)22-11-13(23-18)10-21-17(20)16(19)15-9-8-12-6-4-3-5-7-14(12)15/h3-9,13H,10-11H2,1-2H3/t13-/m0/s1. The second kappa shape index (κ2) is 6.10. The maximum absolute atomic E-state index is 12.3. The van der Waals surface area contributed by atoms with E-state index in [9.17, 15) is 9.59 Å². The molecule has 5 nitrogen and oxygen atoms in total. The van der Waals surface area contributed by atoms with Crippen LogP contribution in [0.25, 0.3) is 11.1 Å². The van der Waals surface area contributed by atoms with Gasteiger partial charge in [0.25, 0.3) is 5.78 Å². The van der Waals surface area contributed by atoms with Gasteiger partial charge in [-0.25, -0.2) is 4.79 Å². The summed E-state index contributed by atoms with van der Waals surface area (Å²) in [4.78, 5) is 24.3. The Bertz CT molecular complexity index is 706. The minimum Gasteiger partial charge on any atom is -0.457 e. The van der Waals surface area contributed by atoms with Crippen LogP contribution in [0.1, 0.15) is 24.2 Å². The lowest BCUT2D eigenvalue weighted by atomic mass is 10.1. The van der Waals surface area contributed by atoms with Gasteiger partial charge < -0.3 is 14.2 Å². The van der Waals surface area contributed by atoms with Crippen LogP contribution in [0.2, 0.25) is 0 Å². The molecule has 120 valence electrons. The molecule has 0 aromatic heterocycles. The van der Waals surface area contributed by atoms with E-state index in [1.165, 1.54) is 0 Å². The lowest BCUT2D eigenvalue weighted by Crippen LogP contribution is -2.27. The summed E-state index contributed by atoms with van der Waals surface area (Å²) in [5.41, 5.74) is 1.99. The molecule has 5 heteroatoms. The third-order valence-electron chi connectivity index (χ3n) is 3.69. The zero-order valence-electron chi connectivity index (χ0n) is 13.1. The summed E-state index contributed by atoms with van der Waals surface area (Å²) in [6.45, 7) is 3.91. The molecule has 23 heavy (non-hydrogen) atoms. The first kappa shape index (κ1) is 15.6. The van der Waals surface area contributed by atoms with Crippen molar-refractivity contribution in [3.05, 3.63) is 48.0 Å². The molecule has 1 aliphatic heterocycles. The summed E-state index contributed by atoms with van der Waals surface area (Å²) in [6.07, 6.45) is -0.351. The van der Waals surface area contributed by atoms with Crippen LogP contribution >= 0.6 is 0 Å². The number of ether oxygens (including phenoxy) is 3. The predicted molar refractivity (Wildman–Crippen MR) is 83.3 cm³/mol. The van der Waals surface area contributed by atoms with E-state index in [-0.39, 0.29) is 12.7 Å². The Hall–Kier alpha value is -2.24. The Morgan fingerprint density at radius 3 is 2.70 bits per heavy atom. The van der Waals surface area contributed by atoms with Crippen LogP contribution in [0, 0.1) is 0 Å². The van der Waals surface area contributed by atoms with Crippen LogP contribution in [0.15, 0.2) is 42.5 Å². The summed E-state index contributed by atoms with van der Waals surface area (Å²) in [5.74, 6) is -2.21. The van der Waals surface area contributed by atoms with E-state index in [1.54, 1.807) is 19.9 Å². The quantitative estimate of drug-likeness (QED) is 0.493. The fourth-order valence-corrected chi connectivity index (χ4v) is 2.60. The number of ketones is 1. The first-order chi connectivity index (χ1) is 11.0. The number of carbonyl (C=O) groups excluding carboxylic acids is 2. The average Bonchev–Trinajstić information content (AvgIpc) is 2.99. The molecule has 3 rings (SSSR count). The van der Waals surface area contributed by atoms with Crippen molar-refractivity contribution < 1.29 is 23.8 Å². The van der Waals surface area contributed by atoms with Crippen LogP contribution in [0.4, 0.5) is 0 Å². The fourth-order valence-electron chi connectivity index (χ4n) is 2.60. The van der Waals surface area contributed by atoms with E-state index in [0.29, 0.717) is 12.2 Å².